The van der Waals surface area contributed by atoms with Gasteiger partial charge in [-0.15, -0.1) is 0 Å². The zero-order valence-corrected chi connectivity index (χ0v) is 13.4. The molecule has 0 unspecified atom stereocenters. The number of alkyl halides is 1. The average Bonchev–Trinajstić information content (AvgIpc) is 2.35. The molecular formula is C16H33CoF+2. The SMILES string of the molecule is CCCCCCCCCCCCCCCCF.[Co+2]. The quantitative estimate of drug-likeness (QED) is 0.324. The number of hydrogen-bond donors (Lipinski definition) is 0. The molecule has 0 rings (SSSR count). The Balaban J connectivity index is 0. The van der Waals surface area contributed by atoms with Gasteiger partial charge in [0, 0.05) is 0 Å². The van der Waals surface area contributed by atoms with Crippen molar-refractivity contribution >= 4 is 0 Å². The Morgan fingerprint density at radius 2 is 0.778 bits per heavy atom. The Morgan fingerprint density at radius 3 is 1.06 bits per heavy atom. The van der Waals surface area contributed by atoms with Gasteiger partial charge in [0.25, 0.3) is 0 Å². The molecule has 0 aliphatic heterocycles. The van der Waals surface area contributed by atoms with Crippen molar-refractivity contribution in [2.45, 2.75) is 96.8 Å². The van der Waals surface area contributed by atoms with Crippen LogP contribution < -0.4 is 0 Å². The molecule has 0 heterocycles. The van der Waals surface area contributed by atoms with Gasteiger partial charge in [-0.05, 0) is 6.42 Å². The van der Waals surface area contributed by atoms with Crippen LogP contribution >= 0.6 is 0 Å². The van der Waals surface area contributed by atoms with E-state index >= 15 is 0 Å². The zero-order valence-electron chi connectivity index (χ0n) is 12.3. The molecule has 0 atom stereocenters. The molecule has 18 heavy (non-hydrogen) atoms. The van der Waals surface area contributed by atoms with Crippen LogP contribution in [0.25, 0.3) is 0 Å². The average molecular weight is 303 g/mol. The Morgan fingerprint density at radius 1 is 0.500 bits per heavy atom. The molecule has 0 bridgehead atoms. The van der Waals surface area contributed by atoms with Crippen LogP contribution in [-0.4, -0.2) is 6.67 Å². The molecule has 1 radical (unpaired) electrons. The molecule has 0 fully saturated rings. The van der Waals surface area contributed by atoms with Crippen LogP contribution in [-0.2, 0) is 16.8 Å². The van der Waals surface area contributed by atoms with E-state index < -0.39 is 0 Å². The summed E-state index contributed by atoms with van der Waals surface area (Å²) in [6, 6.07) is 0. The maximum absolute atomic E-state index is 11.8. The summed E-state index contributed by atoms with van der Waals surface area (Å²) in [4.78, 5) is 0. The van der Waals surface area contributed by atoms with Crippen LogP contribution in [0.5, 0.6) is 0 Å². The van der Waals surface area contributed by atoms with Crippen molar-refractivity contribution in [2.24, 2.45) is 0 Å². The molecule has 0 aromatic heterocycles. The van der Waals surface area contributed by atoms with Gasteiger partial charge in [0.15, 0.2) is 0 Å². The molecule has 0 N–H and O–H groups in total. The third-order valence-electron chi connectivity index (χ3n) is 3.49. The fourth-order valence-electron chi connectivity index (χ4n) is 2.29. The van der Waals surface area contributed by atoms with E-state index in [1.165, 1.54) is 77.0 Å². The van der Waals surface area contributed by atoms with Crippen molar-refractivity contribution in [3.63, 3.8) is 0 Å². The van der Waals surface area contributed by atoms with Crippen molar-refractivity contribution in [1.29, 1.82) is 0 Å². The van der Waals surface area contributed by atoms with E-state index in [0.717, 1.165) is 12.8 Å². The third-order valence-corrected chi connectivity index (χ3v) is 3.49. The van der Waals surface area contributed by atoms with E-state index in [-0.39, 0.29) is 23.5 Å². The van der Waals surface area contributed by atoms with E-state index in [9.17, 15) is 4.39 Å². The summed E-state index contributed by atoms with van der Waals surface area (Å²) >= 11 is 0. The fourth-order valence-corrected chi connectivity index (χ4v) is 2.29. The summed E-state index contributed by atoms with van der Waals surface area (Å²) in [7, 11) is 0. The second-order valence-electron chi connectivity index (χ2n) is 5.29. The van der Waals surface area contributed by atoms with Crippen molar-refractivity contribution in [3.8, 4) is 0 Å². The number of rotatable bonds is 14. The van der Waals surface area contributed by atoms with Crippen LogP contribution in [0.1, 0.15) is 96.8 Å². The van der Waals surface area contributed by atoms with Gasteiger partial charge in [0.1, 0.15) is 0 Å². The summed E-state index contributed by atoms with van der Waals surface area (Å²) in [6.45, 7) is 2.14. The van der Waals surface area contributed by atoms with Crippen molar-refractivity contribution in [3.05, 3.63) is 0 Å². The summed E-state index contributed by atoms with van der Waals surface area (Å²) in [6.07, 6.45) is 18.5. The first-order valence-electron chi connectivity index (χ1n) is 7.97. The third kappa shape index (κ3) is 18.8. The standard InChI is InChI=1S/C16H33F.Co/c1-2-3-4-5-6-7-8-9-10-11-12-13-14-15-16-17;/h2-16H2,1H3;/q;+2. The van der Waals surface area contributed by atoms with E-state index in [2.05, 4.69) is 6.92 Å². The maximum Gasteiger partial charge on any atom is 2.00 e. The van der Waals surface area contributed by atoms with Gasteiger partial charge in [-0.3, -0.25) is 4.39 Å². The Kier molecular flexibility index (Phi) is 22.8. The largest absolute Gasteiger partial charge is 2.00 e. The molecule has 2 heteroatoms. The second-order valence-corrected chi connectivity index (χ2v) is 5.29. The first-order valence-corrected chi connectivity index (χ1v) is 7.97. The zero-order chi connectivity index (χ0) is 12.6. The summed E-state index contributed by atoms with van der Waals surface area (Å²) in [5.74, 6) is 0. The first-order chi connectivity index (χ1) is 8.41. The van der Waals surface area contributed by atoms with Gasteiger partial charge < -0.3 is 0 Å². The minimum Gasteiger partial charge on any atom is -0.251 e. The predicted octanol–water partition coefficient (Wildman–Crippen LogP) is 6.43. The topological polar surface area (TPSA) is 0 Å². The van der Waals surface area contributed by atoms with Crippen LogP contribution in [0.4, 0.5) is 4.39 Å². The minimum atomic E-state index is -0.127. The van der Waals surface area contributed by atoms with E-state index in [0.29, 0.717) is 0 Å². The van der Waals surface area contributed by atoms with Crippen LogP contribution in [0.3, 0.4) is 0 Å². The molecule has 0 aliphatic carbocycles. The van der Waals surface area contributed by atoms with Gasteiger partial charge in [0.2, 0.25) is 0 Å². The molecule has 0 amide bonds. The molecule has 0 spiro atoms. The molecule has 0 saturated heterocycles. The number of hydrogen-bond acceptors (Lipinski definition) is 0. The van der Waals surface area contributed by atoms with Crippen molar-refractivity contribution in [2.75, 3.05) is 6.67 Å². The predicted molar refractivity (Wildman–Crippen MR) is 76.3 cm³/mol. The molecule has 0 saturated carbocycles. The molecule has 0 nitrogen and oxygen atoms in total. The van der Waals surface area contributed by atoms with E-state index in [4.69, 9.17) is 0 Å². The second kappa shape index (κ2) is 19.8. The Hall–Kier alpha value is 0.436. The maximum atomic E-state index is 11.8. The van der Waals surface area contributed by atoms with Crippen LogP contribution in [0, 0.1) is 0 Å². The van der Waals surface area contributed by atoms with E-state index in [1.807, 2.05) is 0 Å². The van der Waals surface area contributed by atoms with Gasteiger partial charge in [0.05, 0.1) is 6.67 Å². The minimum absolute atomic E-state index is 0. The van der Waals surface area contributed by atoms with Gasteiger partial charge in [-0.1, -0.05) is 90.4 Å². The number of halogens is 1. The summed E-state index contributed by atoms with van der Waals surface area (Å²) < 4.78 is 11.8. The van der Waals surface area contributed by atoms with Gasteiger partial charge >= 0.3 is 16.8 Å². The van der Waals surface area contributed by atoms with Crippen LogP contribution in [0.15, 0.2) is 0 Å². The molecular weight excluding hydrogens is 270 g/mol. The Labute approximate surface area is 125 Å². The van der Waals surface area contributed by atoms with Crippen molar-refractivity contribution < 1.29 is 21.2 Å². The summed E-state index contributed by atoms with van der Waals surface area (Å²) in [5, 5.41) is 0. The smallest absolute Gasteiger partial charge is 0.251 e. The van der Waals surface area contributed by atoms with Crippen molar-refractivity contribution in [1.82, 2.24) is 0 Å². The number of unbranched alkanes of at least 4 members (excludes halogenated alkanes) is 13. The van der Waals surface area contributed by atoms with Gasteiger partial charge in [-0.25, -0.2) is 0 Å². The van der Waals surface area contributed by atoms with Gasteiger partial charge in [-0.2, -0.15) is 0 Å². The molecule has 0 aromatic carbocycles. The first kappa shape index (κ1) is 20.7. The monoisotopic (exact) mass is 303 g/mol. The van der Waals surface area contributed by atoms with E-state index in [1.54, 1.807) is 0 Å². The molecule has 111 valence electrons. The molecule has 0 aliphatic rings. The van der Waals surface area contributed by atoms with Crippen LogP contribution in [0.2, 0.25) is 0 Å². The molecule has 0 aromatic rings. The Bertz CT molecular complexity index is 114. The normalized spacial score (nSPS) is 10.3. The summed E-state index contributed by atoms with van der Waals surface area (Å²) in [5.41, 5.74) is 0. The fraction of sp³-hybridized carbons (Fsp3) is 1.00.